The van der Waals surface area contributed by atoms with Gasteiger partial charge in [-0.15, -0.1) is 0 Å². The lowest BCUT2D eigenvalue weighted by Crippen LogP contribution is -2.12. The van der Waals surface area contributed by atoms with Crippen LogP contribution in [0.2, 0.25) is 5.02 Å². The Labute approximate surface area is 118 Å². The molecule has 0 atom stereocenters. The Bertz CT molecular complexity index is 445. The standard InChI is InChI=1S/C14H19ClN2O2/c15-13-10-12(6-7-14(13)17(18)19)16-9-8-11-4-2-1-3-5-11/h6-7,10-11,16H,1-5,8-9H2. The van der Waals surface area contributed by atoms with Crippen molar-refractivity contribution in [2.45, 2.75) is 38.5 Å². The zero-order valence-electron chi connectivity index (χ0n) is 10.9. The van der Waals surface area contributed by atoms with Crippen molar-refractivity contribution in [3.05, 3.63) is 33.3 Å². The van der Waals surface area contributed by atoms with Crippen LogP contribution in [-0.2, 0) is 0 Å². The molecule has 0 radical (unpaired) electrons. The first-order chi connectivity index (χ1) is 9.16. The van der Waals surface area contributed by atoms with Gasteiger partial charge < -0.3 is 5.32 Å². The van der Waals surface area contributed by atoms with Crippen molar-refractivity contribution in [1.82, 2.24) is 0 Å². The number of benzene rings is 1. The van der Waals surface area contributed by atoms with E-state index in [0.29, 0.717) is 0 Å². The molecule has 1 aromatic rings. The molecule has 0 unspecified atom stereocenters. The first-order valence-corrected chi connectivity index (χ1v) is 7.22. The fourth-order valence-corrected chi connectivity index (χ4v) is 2.91. The SMILES string of the molecule is O=[N+]([O-])c1ccc(NCCC2CCCCC2)cc1Cl. The van der Waals surface area contributed by atoms with Gasteiger partial charge in [0, 0.05) is 18.3 Å². The second kappa shape index (κ2) is 6.75. The van der Waals surface area contributed by atoms with Crippen molar-refractivity contribution >= 4 is 23.0 Å². The van der Waals surface area contributed by atoms with E-state index in [1.807, 2.05) is 0 Å². The van der Waals surface area contributed by atoms with Crippen LogP contribution in [0, 0.1) is 16.0 Å². The van der Waals surface area contributed by atoms with Gasteiger partial charge in [0.15, 0.2) is 0 Å². The van der Waals surface area contributed by atoms with Gasteiger partial charge in [-0.05, 0) is 24.5 Å². The molecule has 1 N–H and O–H groups in total. The Morgan fingerprint density at radius 3 is 2.68 bits per heavy atom. The quantitative estimate of drug-likeness (QED) is 0.633. The number of nitrogens with zero attached hydrogens (tertiary/aromatic N) is 1. The lowest BCUT2D eigenvalue weighted by Gasteiger charge is -2.21. The average Bonchev–Trinajstić information content (AvgIpc) is 2.39. The summed E-state index contributed by atoms with van der Waals surface area (Å²) >= 11 is 5.87. The molecule has 1 fully saturated rings. The normalized spacial score (nSPS) is 16.3. The summed E-state index contributed by atoms with van der Waals surface area (Å²) in [6.07, 6.45) is 7.92. The van der Waals surface area contributed by atoms with E-state index in [4.69, 9.17) is 11.6 Å². The number of nitro groups is 1. The Kier molecular flexibility index (Phi) is 5.02. The Morgan fingerprint density at radius 2 is 2.05 bits per heavy atom. The third-order valence-electron chi connectivity index (χ3n) is 3.75. The third-order valence-corrected chi connectivity index (χ3v) is 4.05. The fourth-order valence-electron chi connectivity index (χ4n) is 2.66. The molecule has 0 saturated heterocycles. The Morgan fingerprint density at radius 1 is 1.32 bits per heavy atom. The highest BCUT2D eigenvalue weighted by Crippen LogP contribution is 2.28. The van der Waals surface area contributed by atoms with E-state index in [-0.39, 0.29) is 10.7 Å². The predicted octanol–water partition coefficient (Wildman–Crippen LogP) is 4.63. The van der Waals surface area contributed by atoms with Gasteiger partial charge in [-0.3, -0.25) is 10.1 Å². The summed E-state index contributed by atoms with van der Waals surface area (Å²) in [4.78, 5) is 10.2. The molecule has 19 heavy (non-hydrogen) atoms. The first-order valence-electron chi connectivity index (χ1n) is 6.84. The zero-order valence-corrected chi connectivity index (χ0v) is 11.7. The number of rotatable bonds is 5. The van der Waals surface area contributed by atoms with Crippen LogP contribution in [-0.4, -0.2) is 11.5 Å². The smallest absolute Gasteiger partial charge is 0.288 e. The topological polar surface area (TPSA) is 55.2 Å². The minimum Gasteiger partial charge on any atom is -0.385 e. The van der Waals surface area contributed by atoms with E-state index < -0.39 is 4.92 Å². The number of halogens is 1. The predicted molar refractivity (Wildman–Crippen MR) is 77.8 cm³/mol. The summed E-state index contributed by atoms with van der Waals surface area (Å²) in [7, 11) is 0. The van der Waals surface area contributed by atoms with Crippen molar-refractivity contribution in [3.8, 4) is 0 Å². The highest BCUT2D eigenvalue weighted by atomic mass is 35.5. The summed E-state index contributed by atoms with van der Waals surface area (Å²) < 4.78 is 0. The van der Waals surface area contributed by atoms with Crippen molar-refractivity contribution < 1.29 is 4.92 Å². The number of nitro benzene ring substituents is 1. The van der Waals surface area contributed by atoms with Crippen LogP contribution in [0.5, 0.6) is 0 Å². The fraction of sp³-hybridized carbons (Fsp3) is 0.571. The van der Waals surface area contributed by atoms with Gasteiger partial charge >= 0.3 is 0 Å². The maximum absolute atomic E-state index is 10.7. The molecule has 0 bridgehead atoms. The van der Waals surface area contributed by atoms with Crippen molar-refractivity contribution in [2.75, 3.05) is 11.9 Å². The van der Waals surface area contributed by atoms with E-state index in [0.717, 1.165) is 24.6 Å². The van der Waals surface area contributed by atoms with Crippen LogP contribution in [0.25, 0.3) is 0 Å². The zero-order chi connectivity index (χ0) is 13.7. The van der Waals surface area contributed by atoms with Crippen molar-refractivity contribution in [3.63, 3.8) is 0 Å². The van der Waals surface area contributed by atoms with Crippen LogP contribution < -0.4 is 5.32 Å². The highest BCUT2D eigenvalue weighted by Gasteiger charge is 2.14. The molecule has 1 aromatic carbocycles. The van der Waals surface area contributed by atoms with Crippen molar-refractivity contribution in [1.29, 1.82) is 0 Å². The minimum absolute atomic E-state index is 0.0421. The van der Waals surface area contributed by atoms with Crippen LogP contribution in [0.1, 0.15) is 38.5 Å². The van der Waals surface area contributed by atoms with Crippen LogP contribution >= 0.6 is 11.6 Å². The molecular weight excluding hydrogens is 264 g/mol. The summed E-state index contributed by atoms with van der Waals surface area (Å²) in [6.45, 7) is 0.902. The van der Waals surface area contributed by atoms with Crippen LogP contribution in [0.3, 0.4) is 0 Å². The molecule has 5 heteroatoms. The Hall–Kier alpha value is -1.29. The molecule has 0 aromatic heterocycles. The van der Waals surface area contributed by atoms with Gasteiger partial charge in [0.05, 0.1) is 4.92 Å². The van der Waals surface area contributed by atoms with E-state index in [9.17, 15) is 10.1 Å². The second-order valence-corrected chi connectivity index (χ2v) is 5.55. The molecule has 0 amide bonds. The monoisotopic (exact) mass is 282 g/mol. The number of anilines is 1. The van der Waals surface area contributed by atoms with Gasteiger partial charge in [0.25, 0.3) is 5.69 Å². The largest absolute Gasteiger partial charge is 0.385 e. The summed E-state index contributed by atoms with van der Waals surface area (Å²) in [5, 5.41) is 14.1. The second-order valence-electron chi connectivity index (χ2n) is 5.14. The van der Waals surface area contributed by atoms with Crippen LogP contribution in [0.4, 0.5) is 11.4 Å². The molecule has 1 aliphatic carbocycles. The van der Waals surface area contributed by atoms with Gasteiger partial charge in [-0.2, -0.15) is 0 Å². The summed E-state index contributed by atoms with van der Waals surface area (Å²) in [5.41, 5.74) is 0.811. The summed E-state index contributed by atoms with van der Waals surface area (Å²) in [6, 6.07) is 4.79. The van der Waals surface area contributed by atoms with Gasteiger partial charge in [-0.1, -0.05) is 43.7 Å². The third kappa shape index (κ3) is 4.10. The molecular formula is C14H19ClN2O2. The highest BCUT2D eigenvalue weighted by molar-refractivity contribution is 6.32. The maximum atomic E-state index is 10.7. The minimum atomic E-state index is -0.464. The molecule has 0 spiro atoms. The molecule has 104 valence electrons. The van der Waals surface area contributed by atoms with Crippen molar-refractivity contribution in [2.24, 2.45) is 5.92 Å². The Balaban J connectivity index is 1.82. The van der Waals surface area contributed by atoms with E-state index in [2.05, 4.69) is 5.32 Å². The molecule has 0 heterocycles. The number of nitrogens with one attached hydrogen (secondary N) is 1. The average molecular weight is 283 g/mol. The van der Waals surface area contributed by atoms with Crippen LogP contribution in [0.15, 0.2) is 18.2 Å². The molecule has 2 rings (SSSR count). The summed E-state index contributed by atoms with van der Waals surface area (Å²) in [5.74, 6) is 0.828. The van der Waals surface area contributed by atoms with E-state index >= 15 is 0 Å². The maximum Gasteiger partial charge on any atom is 0.288 e. The van der Waals surface area contributed by atoms with Gasteiger partial charge in [0.2, 0.25) is 0 Å². The molecule has 1 aliphatic rings. The lowest BCUT2D eigenvalue weighted by molar-refractivity contribution is -0.384. The number of hydrogen-bond donors (Lipinski definition) is 1. The molecule has 0 aliphatic heterocycles. The molecule has 1 saturated carbocycles. The van der Waals surface area contributed by atoms with Gasteiger partial charge in [-0.25, -0.2) is 0 Å². The van der Waals surface area contributed by atoms with E-state index in [1.165, 1.54) is 38.2 Å². The van der Waals surface area contributed by atoms with E-state index in [1.54, 1.807) is 12.1 Å². The molecule has 4 nitrogen and oxygen atoms in total. The first kappa shape index (κ1) is 14.1. The van der Waals surface area contributed by atoms with Gasteiger partial charge in [0.1, 0.15) is 5.02 Å². The lowest BCUT2D eigenvalue weighted by atomic mass is 9.87. The number of hydrogen-bond acceptors (Lipinski definition) is 3.